The lowest BCUT2D eigenvalue weighted by molar-refractivity contribution is 0.0157. The van der Waals surface area contributed by atoms with E-state index in [-0.39, 0.29) is 12.1 Å². The quantitative estimate of drug-likeness (QED) is 0.605. The molecule has 0 radical (unpaired) electrons. The summed E-state index contributed by atoms with van der Waals surface area (Å²) in [5.41, 5.74) is 0. The summed E-state index contributed by atoms with van der Waals surface area (Å²) < 4.78 is 4.81. The molecule has 0 aliphatic heterocycles. The van der Waals surface area contributed by atoms with Crippen molar-refractivity contribution in [2.24, 2.45) is 0 Å². The normalized spacial score (nSPS) is 18.7. The SMILES string of the molecule is COCC(O)CN(C)C(C)C(C)O. The fourth-order valence-corrected chi connectivity index (χ4v) is 1.11. The molecular formula is C9H21NO3. The van der Waals surface area contributed by atoms with Gasteiger partial charge in [0.15, 0.2) is 0 Å². The number of methoxy groups -OCH3 is 1. The highest BCUT2D eigenvalue weighted by Gasteiger charge is 2.17. The van der Waals surface area contributed by atoms with E-state index < -0.39 is 6.10 Å². The second-order valence-electron chi connectivity index (χ2n) is 3.53. The van der Waals surface area contributed by atoms with Gasteiger partial charge in [-0.1, -0.05) is 0 Å². The monoisotopic (exact) mass is 191 g/mol. The standard InChI is InChI=1S/C9H21NO3/c1-7(8(2)11)10(3)5-9(12)6-13-4/h7-9,11-12H,5-6H2,1-4H3. The third-order valence-corrected chi connectivity index (χ3v) is 2.25. The smallest absolute Gasteiger partial charge is 0.0900 e. The van der Waals surface area contributed by atoms with Crippen LogP contribution in [-0.2, 0) is 4.74 Å². The van der Waals surface area contributed by atoms with Crippen molar-refractivity contribution >= 4 is 0 Å². The molecule has 3 unspecified atom stereocenters. The van der Waals surface area contributed by atoms with Crippen LogP contribution in [0.1, 0.15) is 13.8 Å². The molecule has 0 heterocycles. The molecule has 4 nitrogen and oxygen atoms in total. The molecular weight excluding hydrogens is 170 g/mol. The highest BCUT2D eigenvalue weighted by Crippen LogP contribution is 2.02. The molecule has 3 atom stereocenters. The van der Waals surface area contributed by atoms with Gasteiger partial charge < -0.3 is 14.9 Å². The lowest BCUT2D eigenvalue weighted by atomic mass is 10.2. The first kappa shape index (κ1) is 12.8. The zero-order valence-electron chi connectivity index (χ0n) is 8.90. The third-order valence-electron chi connectivity index (χ3n) is 2.25. The summed E-state index contributed by atoms with van der Waals surface area (Å²) in [6, 6.07) is 0.0477. The second kappa shape index (κ2) is 6.32. The van der Waals surface area contributed by atoms with E-state index in [0.29, 0.717) is 13.2 Å². The average molecular weight is 191 g/mol. The van der Waals surface area contributed by atoms with Crippen molar-refractivity contribution in [1.29, 1.82) is 0 Å². The summed E-state index contributed by atoms with van der Waals surface area (Å²) in [7, 11) is 3.43. The fourth-order valence-electron chi connectivity index (χ4n) is 1.11. The van der Waals surface area contributed by atoms with Crippen molar-refractivity contribution in [3.05, 3.63) is 0 Å². The van der Waals surface area contributed by atoms with Crippen molar-refractivity contribution in [3.63, 3.8) is 0 Å². The largest absolute Gasteiger partial charge is 0.392 e. The van der Waals surface area contributed by atoms with Gasteiger partial charge in [-0.2, -0.15) is 0 Å². The maximum Gasteiger partial charge on any atom is 0.0900 e. The minimum Gasteiger partial charge on any atom is -0.392 e. The van der Waals surface area contributed by atoms with E-state index in [0.717, 1.165) is 0 Å². The average Bonchev–Trinajstić information content (AvgIpc) is 2.03. The molecule has 0 aliphatic carbocycles. The molecule has 0 fully saturated rings. The number of hydrogen-bond acceptors (Lipinski definition) is 4. The zero-order valence-corrected chi connectivity index (χ0v) is 8.90. The van der Waals surface area contributed by atoms with E-state index in [4.69, 9.17) is 4.74 Å². The molecule has 2 N–H and O–H groups in total. The Kier molecular flexibility index (Phi) is 6.24. The van der Waals surface area contributed by atoms with Crippen molar-refractivity contribution in [2.45, 2.75) is 32.1 Å². The summed E-state index contributed by atoms with van der Waals surface area (Å²) >= 11 is 0. The molecule has 0 bridgehead atoms. The van der Waals surface area contributed by atoms with E-state index in [2.05, 4.69) is 0 Å². The van der Waals surface area contributed by atoms with E-state index in [1.807, 2.05) is 18.9 Å². The summed E-state index contributed by atoms with van der Waals surface area (Å²) in [4.78, 5) is 1.91. The van der Waals surface area contributed by atoms with Crippen LogP contribution < -0.4 is 0 Å². The highest BCUT2D eigenvalue weighted by molar-refractivity contribution is 4.71. The molecule has 0 aromatic carbocycles. The first-order chi connectivity index (χ1) is 5.99. The number of aliphatic hydroxyl groups is 2. The fraction of sp³-hybridized carbons (Fsp3) is 1.00. The lowest BCUT2D eigenvalue weighted by Gasteiger charge is -2.28. The van der Waals surface area contributed by atoms with Crippen LogP contribution in [0.4, 0.5) is 0 Å². The van der Waals surface area contributed by atoms with Crippen LogP contribution in [0.15, 0.2) is 0 Å². The number of likely N-dealkylation sites (N-methyl/N-ethyl adjacent to an activating group) is 1. The Balaban J connectivity index is 3.77. The Morgan fingerprint density at radius 2 is 1.85 bits per heavy atom. The first-order valence-corrected chi connectivity index (χ1v) is 4.54. The van der Waals surface area contributed by atoms with Crippen LogP contribution in [0.25, 0.3) is 0 Å². The van der Waals surface area contributed by atoms with Crippen LogP contribution >= 0.6 is 0 Å². The molecule has 80 valence electrons. The minimum atomic E-state index is -0.490. The molecule has 0 spiro atoms. The minimum absolute atomic E-state index is 0.0477. The number of aliphatic hydroxyl groups excluding tert-OH is 2. The van der Waals surface area contributed by atoms with E-state index in [9.17, 15) is 10.2 Å². The second-order valence-corrected chi connectivity index (χ2v) is 3.53. The molecule has 0 aromatic rings. The van der Waals surface area contributed by atoms with Crippen LogP contribution in [0, 0.1) is 0 Å². The molecule has 0 saturated carbocycles. The molecule has 0 amide bonds. The van der Waals surface area contributed by atoms with Crippen LogP contribution in [0.5, 0.6) is 0 Å². The molecule has 0 rings (SSSR count). The van der Waals surface area contributed by atoms with Gasteiger partial charge in [-0.15, -0.1) is 0 Å². The number of hydrogen-bond donors (Lipinski definition) is 2. The van der Waals surface area contributed by atoms with Gasteiger partial charge in [0.05, 0.1) is 18.8 Å². The number of ether oxygens (including phenoxy) is 1. The third kappa shape index (κ3) is 5.21. The van der Waals surface area contributed by atoms with Crippen LogP contribution in [0.2, 0.25) is 0 Å². The van der Waals surface area contributed by atoms with Gasteiger partial charge in [0.2, 0.25) is 0 Å². The highest BCUT2D eigenvalue weighted by atomic mass is 16.5. The van der Waals surface area contributed by atoms with Gasteiger partial charge in [0, 0.05) is 19.7 Å². The van der Waals surface area contributed by atoms with E-state index in [1.165, 1.54) is 0 Å². The lowest BCUT2D eigenvalue weighted by Crippen LogP contribution is -2.42. The predicted molar refractivity (Wildman–Crippen MR) is 51.7 cm³/mol. The predicted octanol–water partition coefficient (Wildman–Crippen LogP) is -0.305. The molecule has 0 saturated heterocycles. The summed E-state index contributed by atoms with van der Waals surface area (Å²) in [5.74, 6) is 0. The Morgan fingerprint density at radius 1 is 1.31 bits per heavy atom. The van der Waals surface area contributed by atoms with Crippen molar-refractivity contribution in [2.75, 3.05) is 27.3 Å². The van der Waals surface area contributed by atoms with Gasteiger partial charge in [0.1, 0.15) is 0 Å². The first-order valence-electron chi connectivity index (χ1n) is 4.54. The van der Waals surface area contributed by atoms with Gasteiger partial charge in [0.25, 0.3) is 0 Å². The van der Waals surface area contributed by atoms with E-state index >= 15 is 0 Å². The van der Waals surface area contributed by atoms with Crippen LogP contribution in [-0.4, -0.2) is 60.7 Å². The van der Waals surface area contributed by atoms with Gasteiger partial charge in [-0.25, -0.2) is 0 Å². The van der Waals surface area contributed by atoms with Crippen LogP contribution in [0.3, 0.4) is 0 Å². The van der Waals surface area contributed by atoms with Crippen molar-refractivity contribution < 1.29 is 14.9 Å². The number of nitrogens with zero attached hydrogens (tertiary/aromatic N) is 1. The molecule has 0 aliphatic rings. The molecule has 13 heavy (non-hydrogen) atoms. The summed E-state index contributed by atoms with van der Waals surface area (Å²) in [5, 5.41) is 18.7. The van der Waals surface area contributed by atoms with Gasteiger partial charge in [-0.05, 0) is 20.9 Å². The van der Waals surface area contributed by atoms with Crippen molar-refractivity contribution in [3.8, 4) is 0 Å². The van der Waals surface area contributed by atoms with Crippen molar-refractivity contribution in [1.82, 2.24) is 4.90 Å². The summed E-state index contributed by atoms with van der Waals surface area (Å²) in [6.07, 6.45) is -0.879. The Labute approximate surface area is 80.1 Å². The Bertz CT molecular complexity index is 130. The Morgan fingerprint density at radius 3 is 2.23 bits per heavy atom. The zero-order chi connectivity index (χ0) is 10.4. The molecule has 0 aromatic heterocycles. The molecule has 4 heteroatoms. The maximum absolute atomic E-state index is 9.40. The Hall–Kier alpha value is -0.160. The topological polar surface area (TPSA) is 52.9 Å². The maximum atomic E-state index is 9.40. The number of rotatable bonds is 6. The van der Waals surface area contributed by atoms with E-state index in [1.54, 1.807) is 14.0 Å². The summed E-state index contributed by atoms with van der Waals surface area (Å²) in [6.45, 7) is 4.50. The van der Waals surface area contributed by atoms with Gasteiger partial charge >= 0.3 is 0 Å². The van der Waals surface area contributed by atoms with Gasteiger partial charge in [-0.3, -0.25) is 4.90 Å².